The lowest BCUT2D eigenvalue weighted by Gasteiger charge is -2.38. The Hall–Kier alpha value is -1.29. The predicted molar refractivity (Wildman–Crippen MR) is 88.2 cm³/mol. The number of rotatable bonds is 2. The van der Waals surface area contributed by atoms with Crippen molar-refractivity contribution < 1.29 is 0 Å². The van der Waals surface area contributed by atoms with E-state index in [1.54, 1.807) is 0 Å². The Kier molecular flexibility index (Phi) is 4.41. The molecule has 2 aliphatic rings. The molecular formula is C16H23N3S. The first kappa shape index (κ1) is 13.7. The van der Waals surface area contributed by atoms with E-state index >= 15 is 0 Å². The summed E-state index contributed by atoms with van der Waals surface area (Å²) in [5.74, 6) is 0. The zero-order chi connectivity index (χ0) is 13.8. The highest BCUT2D eigenvalue weighted by atomic mass is 32.1. The van der Waals surface area contributed by atoms with Crippen LogP contribution in [0.5, 0.6) is 0 Å². The van der Waals surface area contributed by atoms with Crippen LogP contribution in [0.25, 0.3) is 0 Å². The van der Waals surface area contributed by atoms with Crippen LogP contribution in [-0.4, -0.2) is 42.2 Å². The van der Waals surface area contributed by atoms with Gasteiger partial charge in [0, 0.05) is 37.9 Å². The highest BCUT2D eigenvalue weighted by Crippen LogP contribution is 2.19. The molecule has 1 N–H and O–H groups in total. The fourth-order valence-electron chi connectivity index (χ4n) is 3.14. The van der Waals surface area contributed by atoms with Gasteiger partial charge in [-0.3, -0.25) is 0 Å². The molecule has 0 spiro atoms. The molecular weight excluding hydrogens is 266 g/mol. The summed E-state index contributed by atoms with van der Waals surface area (Å²) in [4.78, 5) is 4.77. The van der Waals surface area contributed by atoms with Crippen LogP contribution in [0.4, 0.5) is 5.69 Å². The Bertz CT molecular complexity index is 434. The first-order valence-corrected chi connectivity index (χ1v) is 8.09. The summed E-state index contributed by atoms with van der Waals surface area (Å²) >= 11 is 5.56. The lowest BCUT2D eigenvalue weighted by atomic mass is 10.2. The van der Waals surface area contributed by atoms with Crippen molar-refractivity contribution in [1.82, 2.24) is 10.2 Å². The van der Waals surface area contributed by atoms with Gasteiger partial charge in [-0.1, -0.05) is 31.0 Å². The number of thiocarbonyl (C=S) groups is 1. The molecule has 0 bridgehead atoms. The second-order valence-corrected chi connectivity index (χ2v) is 6.13. The third-order valence-corrected chi connectivity index (χ3v) is 4.75. The van der Waals surface area contributed by atoms with E-state index in [0.717, 1.165) is 31.3 Å². The average molecular weight is 289 g/mol. The third kappa shape index (κ3) is 3.23. The molecule has 1 saturated heterocycles. The molecule has 3 rings (SSSR count). The monoisotopic (exact) mass is 289 g/mol. The van der Waals surface area contributed by atoms with Gasteiger partial charge in [0.15, 0.2) is 5.11 Å². The molecule has 3 nitrogen and oxygen atoms in total. The van der Waals surface area contributed by atoms with Crippen molar-refractivity contribution in [2.45, 2.75) is 31.7 Å². The molecule has 1 aliphatic carbocycles. The summed E-state index contributed by atoms with van der Waals surface area (Å²) in [6.45, 7) is 4.15. The number of para-hydroxylation sites is 1. The summed E-state index contributed by atoms with van der Waals surface area (Å²) < 4.78 is 0. The van der Waals surface area contributed by atoms with Crippen molar-refractivity contribution >= 4 is 23.0 Å². The second-order valence-electron chi connectivity index (χ2n) is 5.74. The highest BCUT2D eigenvalue weighted by Gasteiger charge is 2.22. The van der Waals surface area contributed by atoms with Gasteiger partial charge in [0.25, 0.3) is 0 Å². The molecule has 20 heavy (non-hydrogen) atoms. The van der Waals surface area contributed by atoms with E-state index in [4.69, 9.17) is 12.2 Å². The molecule has 1 heterocycles. The maximum absolute atomic E-state index is 5.56. The van der Waals surface area contributed by atoms with Gasteiger partial charge in [-0.05, 0) is 37.2 Å². The molecule has 4 heteroatoms. The summed E-state index contributed by atoms with van der Waals surface area (Å²) in [7, 11) is 0. The smallest absolute Gasteiger partial charge is 0.169 e. The number of piperazine rings is 1. The van der Waals surface area contributed by atoms with E-state index in [1.165, 1.54) is 31.4 Å². The zero-order valence-corrected chi connectivity index (χ0v) is 12.7. The fourth-order valence-corrected chi connectivity index (χ4v) is 3.49. The van der Waals surface area contributed by atoms with Gasteiger partial charge in [0.2, 0.25) is 0 Å². The fraction of sp³-hybridized carbons (Fsp3) is 0.562. The topological polar surface area (TPSA) is 18.5 Å². The molecule has 0 radical (unpaired) electrons. The number of nitrogens with one attached hydrogen (secondary N) is 1. The maximum Gasteiger partial charge on any atom is 0.169 e. The van der Waals surface area contributed by atoms with Crippen molar-refractivity contribution in [2.75, 3.05) is 31.1 Å². The average Bonchev–Trinajstić information content (AvgIpc) is 3.01. The SMILES string of the molecule is S=C(NC1CCCC1)N1CCN(c2ccccc2)CC1. The first-order valence-electron chi connectivity index (χ1n) is 7.68. The van der Waals surface area contributed by atoms with Crippen molar-refractivity contribution in [3.63, 3.8) is 0 Å². The Morgan fingerprint density at radius 1 is 1.00 bits per heavy atom. The van der Waals surface area contributed by atoms with Crippen molar-refractivity contribution in [3.05, 3.63) is 30.3 Å². The van der Waals surface area contributed by atoms with E-state index in [0.29, 0.717) is 6.04 Å². The summed E-state index contributed by atoms with van der Waals surface area (Å²) in [5, 5.41) is 4.50. The largest absolute Gasteiger partial charge is 0.368 e. The van der Waals surface area contributed by atoms with Crippen molar-refractivity contribution in [1.29, 1.82) is 0 Å². The van der Waals surface area contributed by atoms with Crippen LogP contribution in [0, 0.1) is 0 Å². The van der Waals surface area contributed by atoms with Gasteiger partial charge >= 0.3 is 0 Å². The number of anilines is 1. The molecule has 0 aromatic heterocycles. The van der Waals surface area contributed by atoms with Crippen molar-refractivity contribution in [3.8, 4) is 0 Å². The molecule has 2 fully saturated rings. The molecule has 1 aromatic carbocycles. The third-order valence-electron chi connectivity index (χ3n) is 4.37. The van der Waals surface area contributed by atoms with Crippen LogP contribution in [0.3, 0.4) is 0 Å². The van der Waals surface area contributed by atoms with Crippen molar-refractivity contribution in [2.24, 2.45) is 0 Å². The van der Waals surface area contributed by atoms with Crippen LogP contribution in [0.2, 0.25) is 0 Å². The Morgan fingerprint density at radius 3 is 2.30 bits per heavy atom. The van der Waals surface area contributed by atoms with E-state index in [1.807, 2.05) is 0 Å². The molecule has 0 atom stereocenters. The Morgan fingerprint density at radius 2 is 1.65 bits per heavy atom. The summed E-state index contributed by atoms with van der Waals surface area (Å²) in [5.41, 5.74) is 1.32. The normalized spacial score (nSPS) is 20.2. The van der Waals surface area contributed by atoms with Gasteiger partial charge in [0.05, 0.1) is 0 Å². The Labute approximate surface area is 126 Å². The highest BCUT2D eigenvalue weighted by molar-refractivity contribution is 7.80. The van der Waals surface area contributed by atoms with E-state index < -0.39 is 0 Å². The number of nitrogens with zero attached hydrogens (tertiary/aromatic N) is 2. The number of hydrogen-bond donors (Lipinski definition) is 1. The van der Waals surface area contributed by atoms with Gasteiger partial charge < -0.3 is 15.1 Å². The molecule has 0 unspecified atom stereocenters. The predicted octanol–water partition coefficient (Wildman–Crippen LogP) is 2.63. The van der Waals surface area contributed by atoms with Crippen LogP contribution in [0.15, 0.2) is 30.3 Å². The van der Waals surface area contributed by atoms with Crippen LogP contribution < -0.4 is 10.2 Å². The Balaban J connectivity index is 1.49. The standard InChI is InChI=1S/C16H23N3S/c20-16(17-14-6-4-5-7-14)19-12-10-18(11-13-19)15-8-2-1-3-9-15/h1-3,8-9,14H,4-7,10-13H2,(H,17,20). The molecule has 0 amide bonds. The summed E-state index contributed by atoms with van der Waals surface area (Å²) in [6, 6.07) is 11.3. The second kappa shape index (κ2) is 6.44. The van der Waals surface area contributed by atoms with Crippen LogP contribution in [-0.2, 0) is 0 Å². The molecule has 1 aromatic rings. The van der Waals surface area contributed by atoms with E-state index in [-0.39, 0.29) is 0 Å². The zero-order valence-electron chi connectivity index (χ0n) is 11.9. The minimum atomic E-state index is 0.620. The number of benzene rings is 1. The molecule has 1 aliphatic heterocycles. The lowest BCUT2D eigenvalue weighted by molar-refractivity contribution is 0.374. The van der Waals surface area contributed by atoms with Gasteiger partial charge in [-0.15, -0.1) is 0 Å². The minimum absolute atomic E-state index is 0.620. The van der Waals surface area contributed by atoms with E-state index in [9.17, 15) is 0 Å². The number of hydrogen-bond acceptors (Lipinski definition) is 2. The minimum Gasteiger partial charge on any atom is -0.368 e. The van der Waals surface area contributed by atoms with Gasteiger partial charge in [-0.25, -0.2) is 0 Å². The first-order chi connectivity index (χ1) is 9.83. The lowest BCUT2D eigenvalue weighted by Crippen LogP contribution is -2.53. The summed E-state index contributed by atoms with van der Waals surface area (Å²) in [6.07, 6.45) is 5.26. The van der Waals surface area contributed by atoms with Gasteiger partial charge in [0.1, 0.15) is 0 Å². The van der Waals surface area contributed by atoms with Crippen LogP contribution in [0.1, 0.15) is 25.7 Å². The molecule has 108 valence electrons. The quantitative estimate of drug-likeness (QED) is 0.843. The van der Waals surface area contributed by atoms with E-state index in [2.05, 4.69) is 45.4 Å². The van der Waals surface area contributed by atoms with Gasteiger partial charge in [-0.2, -0.15) is 0 Å². The van der Waals surface area contributed by atoms with Crippen LogP contribution >= 0.6 is 12.2 Å². The molecule has 1 saturated carbocycles. The maximum atomic E-state index is 5.56.